The molecule has 1 fully saturated rings. The molecule has 1 heterocycles. The van der Waals surface area contributed by atoms with E-state index < -0.39 is 4.92 Å². The maximum Gasteiger partial charge on any atom is 0.273 e. The lowest BCUT2D eigenvalue weighted by molar-refractivity contribution is -0.385. The van der Waals surface area contributed by atoms with E-state index in [-0.39, 0.29) is 22.7 Å². The monoisotopic (exact) mass is 354 g/mol. The van der Waals surface area contributed by atoms with Gasteiger partial charge in [0.25, 0.3) is 5.69 Å². The molecule has 134 valence electrons. The van der Waals surface area contributed by atoms with Gasteiger partial charge >= 0.3 is 0 Å². The van der Waals surface area contributed by atoms with Crippen molar-refractivity contribution in [1.29, 1.82) is 0 Å². The Kier molecular flexibility index (Phi) is 5.65. The number of ether oxygens (including phenoxy) is 1. The molecule has 24 heavy (non-hydrogen) atoms. The molecule has 0 saturated carbocycles. The molecule has 0 bridgehead atoms. The van der Waals surface area contributed by atoms with Crippen LogP contribution in [0.4, 0.5) is 5.69 Å². The fourth-order valence-corrected chi connectivity index (χ4v) is 5.05. The number of nitro groups is 1. The number of methoxy groups -OCH3 is 1. The van der Waals surface area contributed by atoms with Crippen LogP contribution in [-0.2, 0) is 6.42 Å². The molecule has 1 aliphatic heterocycles. The maximum atomic E-state index is 11.1. The molecule has 0 aromatic heterocycles. The van der Waals surface area contributed by atoms with Crippen LogP contribution in [-0.4, -0.2) is 45.2 Å². The highest BCUT2D eigenvalue weighted by Crippen LogP contribution is 2.41. The molecule has 2 unspecified atom stereocenters. The van der Waals surface area contributed by atoms with Crippen LogP contribution in [0.1, 0.15) is 39.2 Å². The van der Waals surface area contributed by atoms with Crippen molar-refractivity contribution in [3.8, 4) is 11.5 Å². The molecule has 6 nitrogen and oxygen atoms in total. The molecule has 0 radical (unpaired) electrons. The Hall–Kier alpha value is -1.47. The van der Waals surface area contributed by atoms with Crippen molar-refractivity contribution in [2.45, 2.75) is 56.2 Å². The van der Waals surface area contributed by atoms with Crippen LogP contribution in [0.5, 0.6) is 11.5 Å². The van der Waals surface area contributed by atoms with Crippen molar-refractivity contribution in [2.24, 2.45) is 0 Å². The first-order valence-electron chi connectivity index (χ1n) is 8.08. The second-order valence-electron chi connectivity index (χ2n) is 6.98. The molecule has 1 aromatic rings. The SMILES string of the molecule is COc1cc([N+](=O)[O-])cc(CCC2SC(C)CC(C)(C)N2C)c1O. The number of nitro benzene ring substituents is 1. The van der Waals surface area contributed by atoms with E-state index in [1.165, 1.54) is 19.2 Å². The van der Waals surface area contributed by atoms with Gasteiger partial charge in [-0.15, -0.1) is 11.8 Å². The zero-order valence-corrected chi connectivity index (χ0v) is 15.7. The summed E-state index contributed by atoms with van der Waals surface area (Å²) in [5.74, 6) is 0.149. The number of aryl methyl sites for hydroxylation is 1. The average Bonchev–Trinajstić information content (AvgIpc) is 2.49. The largest absolute Gasteiger partial charge is 0.504 e. The van der Waals surface area contributed by atoms with Gasteiger partial charge in [-0.3, -0.25) is 15.0 Å². The summed E-state index contributed by atoms with van der Waals surface area (Å²) in [6.07, 6.45) is 2.50. The molecule has 0 spiro atoms. The maximum absolute atomic E-state index is 11.1. The van der Waals surface area contributed by atoms with Gasteiger partial charge in [0.2, 0.25) is 0 Å². The van der Waals surface area contributed by atoms with Gasteiger partial charge in [0.1, 0.15) is 0 Å². The number of aromatic hydroxyl groups is 1. The highest BCUT2D eigenvalue weighted by molar-refractivity contribution is 8.00. The summed E-state index contributed by atoms with van der Waals surface area (Å²) in [5, 5.41) is 22.2. The van der Waals surface area contributed by atoms with Crippen LogP contribution in [0.15, 0.2) is 12.1 Å². The first-order valence-corrected chi connectivity index (χ1v) is 9.02. The van der Waals surface area contributed by atoms with E-state index >= 15 is 0 Å². The van der Waals surface area contributed by atoms with E-state index in [9.17, 15) is 15.2 Å². The number of hydrogen-bond donors (Lipinski definition) is 1. The Morgan fingerprint density at radius 1 is 1.50 bits per heavy atom. The Bertz CT molecular complexity index is 621. The van der Waals surface area contributed by atoms with Crippen molar-refractivity contribution >= 4 is 17.4 Å². The Morgan fingerprint density at radius 3 is 2.75 bits per heavy atom. The number of non-ortho nitro benzene ring substituents is 1. The van der Waals surface area contributed by atoms with Gasteiger partial charge < -0.3 is 9.84 Å². The first-order chi connectivity index (χ1) is 11.2. The van der Waals surface area contributed by atoms with E-state index in [2.05, 4.69) is 32.7 Å². The highest BCUT2D eigenvalue weighted by Gasteiger charge is 2.37. The van der Waals surface area contributed by atoms with Gasteiger partial charge in [-0.1, -0.05) is 6.92 Å². The zero-order valence-electron chi connectivity index (χ0n) is 14.9. The topological polar surface area (TPSA) is 75.8 Å². The van der Waals surface area contributed by atoms with Crippen LogP contribution in [0, 0.1) is 10.1 Å². The Morgan fingerprint density at radius 2 is 2.17 bits per heavy atom. The van der Waals surface area contributed by atoms with E-state index in [1.807, 2.05) is 11.8 Å². The molecule has 2 rings (SSSR count). The number of hydrogen-bond acceptors (Lipinski definition) is 6. The number of phenolic OH excluding ortho intramolecular Hbond substituents is 1. The molecular weight excluding hydrogens is 328 g/mol. The minimum Gasteiger partial charge on any atom is -0.504 e. The molecule has 1 aromatic carbocycles. The van der Waals surface area contributed by atoms with Gasteiger partial charge in [0.05, 0.1) is 23.5 Å². The molecular formula is C17H26N2O4S. The fraction of sp³-hybridized carbons (Fsp3) is 0.647. The molecule has 1 saturated heterocycles. The lowest BCUT2D eigenvalue weighted by Gasteiger charge is -2.47. The van der Waals surface area contributed by atoms with Crippen molar-refractivity contribution < 1.29 is 14.8 Å². The summed E-state index contributed by atoms with van der Waals surface area (Å²) in [6.45, 7) is 6.72. The minimum atomic E-state index is -0.460. The van der Waals surface area contributed by atoms with Gasteiger partial charge in [0, 0.05) is 22.4 Å². The number of phenols is 1. The normalized spacial score (nSPS) is 23.9. The lowest BCUT2D eigenvalue weighted by atomic mass is 9.95. The molecule has 1 aliphatic rings. The third-order valence-corrected chi connectivity index (χ3v) is 6.29. The zero-order chi connectivity index (χ0) is 18.1. The van der Waals surface area contributed by atoms with Crippen LogP contribution in [0.3, 0.4) is 0 Å². The minimum absolute atomic E-state index is 0.00105. The van der Waals surface area contributed by atoms with Crippen LogP contribution >= 0.6 is 11.8 Å². The van der Waals surface area contributed by atoms with Crippen molar-refractivity contribution in [1.82, 2.24) is 4.90 Å². The van der Waals surface area contributed by atoms with Crippen molar-refractivity contribution in [2.75, 3.05) is 14.2 Å². The van der Waals surface area contributed by atoms with Gasteiger partial charge in [0.15, 0.2) is 11.5 Å². The molecule has 7 heteroatoms. The summed E-state index contributed by atoms with van der Waals surface area (Å²) in [4.78, 5) is 13.0. The van der Waals surface area contributed by atoms with Crippen LogP contribution in [0.25, 0.3) is 0 Å². The number of benzene rings is 1. The smallest absolute Gasteiger partial charge is 0.273 e. The van der Waals surface area contributed by atoms with Crippen LogP contribution in [0.2, 0.25) is 0 Å². The Balaban J connectivity index is 2.19. The summed E-state index contributed by atoms with van der Waals surface area (Å²) in [7, 11) is 3.52. The van der Waals surface area contributed by atoms with E-state index in [1.54, 1.807) is 0 Å². The lowest BCUT2D eigenvalue weighted by Crippen LogP contribution is -2.51. The summed E-state index contributed by atoms with van der Waals surface area (Å²) >= 11 is 1.92. The van der Waals surface area contributed by atoms with Gasteiger partial charge in [-0.2, -0.15) is 0 Å². The first kappa shape index (κ1) is 18.9. The van der Waals surface area contributed by atoms with Gasteiger partial charge in [-0.25, -0.2) is 0 Å². The molecule has 2 atom stereocenters. The number of rotatable bonds is 5. The van der Waals surface area contributed by atoms with E-state index in [0.717, 1.165) is 12.8 Å². The molecule has 1 N–H and O–H groups in total. The third-order valence-electron chi connectivity index (χ3n) is 4.79. The summed E-state index contributed by atoms with van der Waals surface area (Å²) in [5.41, 5.74) is 0.627. The molecule has 0 amide bonds. The van der Waals surface area contributed by atoms with Crippen molar-refractivity contribution in [3.63, 3.8) is 0 Å². The van der Waals surface area contributed by atoms with Crippen molar-refractivity contribution in [3.05, 3.63) is 27.8 Å². The Labute approximate surface area is 147 Å². The average molecular weight is 354 g/mol. The number of nitrogens with zero attached hydrogens (tertiary/aromatic N) is 2. The van der Waals surface area contributed by atoms with E-state index in [4.69, 9.17) is 4.74 Å². The predicted molar refractivity (Wildman–Crippen MR) is 96.9 cm³/mol. The third kappa shape index (κ3) is 3.95. The second kappa shape index (κ2) is 7.19. The second-order valence-corrected chi connectivity index (χ2v) is 8.60. The predicted octanol–water partition coefficient (Wildman–Crippen LogP) is 3.80. The van der Waals surface area contributed by atoms with Crippen LogP contribution < -0.4 is 4.74 Å². The highest BCUT2D eigenvalue weighted by atomic mass is 32.2. The number of thioether (sulfide) groups is 1. The fourth-order valence-electron chi connectivity index (χ4n) is 3.29. The van der Waals surface area contributed by atoms with E-state index in [0.29, 0.717) is 22.6 Å². The van der Waals surface area contributed by atoms with Gasteiger partial charge in [-0.05, 0) is 40.2 Å². The quantitative estimate of drug-likeness (QED) is 0.640. The summed E-state index contributed by atoms with van der Waals surface area (Å²) < 4.78 is 5.07. The standard InChI is InChI=1S/C17H26N2O4S/c1-11-10-17(2,3)18(4)15(24-11)7-6-12-8-13(19(21)22)9-14(23-5)16(12)20/h8-9,11,15,20H,6-7,10H2,1-5H3. The molecule has 0 aliphatic carbocycles. The summed E-state index contributed by atoms with van der Waals surface area (Å²) in [6, 6.07) is 2.70.